The van der Waals surface area contributed by atoms with Gasteiger partial charge < -0.3 is 0 Å². The fourth-order valence-corrected chi connectivity index (χ4v) is 2.12. The second-order valence-electron chi connectivity index (χ2n) is 3.87. The molecule has 0 atom stereocenters. The third-order valence-corrected chi connectivity index (χ3v) is 3.28. The van der Waals surface area contributed by atoms with Crippen LogP contribution in [0.1, 0.15) is 25.3 Å². The first-order valence-corrected chi connectivity index (χ1v) is 6.11. The number of hydrogen-bond acceptors (Lipinski definition) is 3. The van der Waals surface area contributed by atoms with Crippen molar-refractivity contribution in [1.82, 2.24) is 9.97 Å². The van der Waals surface area contributed by atoms with E-state index in [0.29, 0.717) is 5.92 Å². The molecule has 16 heavy (non-hydrogen) atoms. The first-order chi connectivity index (χ1) is 7.75. The summed E-state index contributed by atoms with van der Waals surface area (Å²) in [6.45, 7) is 4.40. The Hall–Kier alpha value is -1.35. The molecule has 2 nitrogen and oxygen atoms in total. The first-order valence-electron chi connectivity index (χ1n) is 5.29. The third-order valence-electron chi connectivity index (χ3n) is 2.32. The molecule has 0 aliphatic heterocycles. The van der Waals surface area contributed by atoms with Crippen LogP contribution in [-0.2, 0) is 0 Å². The molecular weight excluding hydrogens is 216 g/mol. The van der Waals surface area contributed by atoms with Gasteiger partial charge in [0.1, 0.15) is 11.4 Å². The maximum absolute atomic E-state index is 4.18. The van der Waals surface area contributed by atoms with Crippen LogP contribution in [0, 0.1) is 0 Å². The molecule has 0 N–H and O–H groups in total. The average Bonchev–Trinajstić information content (AvgIpc) is 2.31. The molecule has 2 rings (SSSR count). The lowest BCUT2D eigenvalue weighted by molar-refractivity contribution is 0.865. The quantitative estimate of drug-likeness (QED) is 0.751. The maximum atomic E-state index is 4.18. The van der Waals surface area contributed by atoms with Crippen LogP contribution in [-0.4, -0.2) is 9.97 Å². The minimum absolute atomic E-state index is 0.582. The third kappa shape index (κ3) is 2.83. The standard InChI is InChI=1S/C13H14N2S/c1-10(2)11-3-5-12(6-4-11)16-13-7-8-14-9-15-13/h3-10H,1-2H3. The lowest BCUT2D eigenvalue weighted by atomic mass is 10.0. The van der Waals surface area contributed by atoms with Crippen molar-refractivity contribution in [3.63, 3.8) is 0 Å². The molecule has 0 aliphatic rings. The maximum Gasteiger partial charge on any atom is 0.116 e. The van der Waals surface area contributed by atoms with E-state index in [9.17, 15) is 0 Å². The summed E-state index contributed by atoms with van der Waals surface area (Å²) in [5.41, 5.74) is 1.37. The number of hydrogen-bond donors (Lipinski definition) is 0. The van der Waals surface area contributed by atoms with Gasteiger partial charge in [0.05, 0.1) is 0 Å². The number of rotatable bonds is 3. The van der Waals surface area contributed by atoms with Crippen molar-refractivity contribution in [3.8, 4) is 0 Å². The zero-order valence-electron chi connectivity index (χ0n) is 9.42. The number of benzene rings is 1. The highest BCUT2D eigenvalue weighted by molar-refractivity contribution is 7.99. The van der Waals surface area contributed by atoms with Crippen LogP contribution in [0.25, 0.3) is 0 Å². The SMILES string of the molecule is CC(C)c1ccc(Sc2ccncn2)cc1. The molecule has 0 fully saturated rings. The first kappa shape index (κ1) is 11.1. The van der Waals surface area contributed by atoms with Crippen LogP contribution < -0.4 is 0 Å². The van der Waals surface area contributed by atoms with E-state index in [-0.39, 0.29) is 0 Å². The second kappa shape index (κ2) is 5.12. The highest BCUT2D eigenvalue weighted by Crippen LogP contribution is 2.26. The van der Waals surface area contributed by atoms with Crippen LogP contribution >= 0.6 is 11.8 Å². The summed E-state index contributed by atoms with van der Waals surface area (Å²) in [6, 6.07) is 10.5. The Labute approximate surface area is 100 Å². The van der Waals surface area contributed by atoms with Crippen molar-refractivity contribution in [2.75, 3.05) is 0 Å². The zero-order valence-corrected chi connectivity index (χ0v) is 10.2. The summed E-state index contributed by atoms with van der Waals surface area (Å²) in [4.78, 5) is 9.29. The fourth-order valence-electron chi connectivity index (χ4n) is 1.38. The molecule has 1 heterocycles. The largest absolute Gasteiger partial charge is 0.245 e. The Bertz CT molecular complexity index is 437. The van der Waals surface area contributed by atoms with Crippen LogP contribution in [0.2, 0.25) is 0 Å². The van der Waals surface area contributed by atoms with Gasteiger partial charge in [-0.25, -0.2) is 9.97 Å². The minimum Gasteiger partial charge on any atom is -0.245 e. The van der Waals surface area contributed by atoms with Crippen molar-refractivity contribution in [2.45, 2.75) is 29.7 Å². The van der Waals surface area contributed by atoms with Gasteiger partial charge in [0.25, 0.3) is 0 Å². The summed E-state index contributed by atoms with van der Waals surface area (Å²) < 4.78 is 0. The molecule has 1 aromatic carbocycles. The Morgan fingerprint density at radius 3 is 2.38 bits per heavy atom. The highest BCUT2D eigenvalue weighted by atomic mass is 32.2. The van der Waals surface area contributed by atoms with Crippen molar-refractivity contribution < 1.29 is 0 Å². The molecule has 2 aromatic rings. The molecule has 0 spiro atoms. The lowest BCUT2D eigenvalue weighted by Crippen LogP contribution is -1.86. The molecule has 0 bridgehead atoms. The van der Waals surface area contributed by atoms with E-state index in [1.54, 1.807) is 24.3 Å². The fraction of sp³-hybridized carbons (Fsp3) is 0.231. The summed E-state index contributed by atoms with van der Waals surface area (Å²) in [5.74, 6) is 0.582. The van der Waals surface area contributed by atoms with Crippen molar-refractivity contribution in [2.24, 2.45) is 0 Å². The van der Waals surface area contributed by atoms with Crippen LogP contribution in [0.4, 0.5) is 0 Å². The molecule has 0 unspecified atom stereocenters. The van der Waals surface area contributed by atoms with Gasteiger partial charge in [-0.15, -0.1) is 0 Å². The second-order valence-corrected chi connectivity index (χ2v) is 4.97. The van der Waals surface area contributed by atoms with E-state index in [2.05, 4.69) is 48.1 Å². The Morgan fingerprint density at radius 1 is 1.06 bits per heavy atom. The van der Waals surface area contributed by atoms with E-state index in [0.717, 1.165) is 5.03 Å². The molecule has 1 aromatic heterocycles. The van der Waals surface area contributed by atoms with Gasteiger partial charge in [-0.1, -0.05) is 37.7 Å². The normalized spacial score (nSPS) is 10.7. The smallest absolute Gasteiger partial charge is 0.116 e. The number of nitrogens with zero attached hydrogens (tertiary/aromatic N) is 2. The predicted octanol–water partition coefficient (Wildman–Crippen LogP) is 3.75. The monoisotopic (exact) mass is 230 g/mol. The van der Waals surface area contributed by atoms with Gasteiger partial charge in [-0.05, 0) is 29.7 Å². The Balaban J connectivity index is 2.11. The van der Waals surface area contributed by atoms with E-state index < -0.39 is 0 Å². The van der Waals surface area contributed by atoms with Gasteiger partial charge in [-0.2, -0.15) is 0 Å². The minimum atomic E-state index is 0.582. The Morgan fingerprint density at radius 2 is 1.81 bits per heavy atom. The summed E-state index contributed by atoms with van der Waals surface area (Å²) >= 11 is 1.66. The molecule has 0 amide bonds. The van der Waals surface area contributed by atoms with Crippen molar-refractivity contribution >= 4 is 11.8 Å². The summed E-state index contributed by atoms with van der Waals surface area (Å²) in [7, 11) is 0. The van der Waals surface area contributed by atoms with E-state index in [1.165, 1.54) is 10.5 Å². The average molecular weight is 230 g/mol. The zero-order chi connectivity index (χ0) is 11.4. The molecule has 82 valence electrons. The lowest BCUT2D eigenvalue weighted by Gasteiger charge is -2.06. The van der Waals surface area contributed by atoms with Gasteiger partial charge in [0.2, 0.25) is 0 Å². The number of aromatic nitrogens is 2. The van der Waals surface area contributed by atoms with Gasteiger partial charge in [0, 0.05) is 11.1 Å². The topological polar surface area (TPSA) is 25.8 Å². The Kier molecular flexibility index (Phi) is 3.57. The molecule has 0 saturated heterocycles. The van der Waals surface area contributed by atoms with Crippen molar-refractivity contribution in [1.29, 1.82) is 0 Å². The molecule has 0 radical (unpaired) electrons. The van der Waals surface area contributed by atoms with Crippen LogP contribution in [0.3, 0.4) is 0 Å². The van der Waals surface area contributed by atoms with E-state index >= 15 is 0 Å². The molecule has 0 saturated carbocycles. The van der Waals surface area contributed by atoms with Gasteiger partial charge in [0.15, 0.2) is 0 Å². The summed E-state index contributed by atoms with van der Waals surface area (Å²) in [6.07, 6.45) is 3.34. The molecule has 3 heteroatoms. The highest BCUT2D eigenvalue weighted by Gasteiger charge is 2.00. The van der Waals surface area contributed by atoms with Crippen molar-refractivity contribution in [3.05, 3.63) is 48.4 Å². The predicted molar refractivity (Wildman–Crippen MR) is 66.7 cm³/mol. The van der Waals surface area contributed by atoms with Crippen LogP contribution in [0.5, 0.6) is 0 Å². The molecule has 0 aliphatic carbocycles. The van der Waals surface area contributed by atoms with Gasteiger partial charge in [-0.3, -0.25) is 0 Å². The van der Waals surface area contributed by atoms with E-state index in [4.69, 9.17) is 0 Å². The van der Waals surface area contributed by atoms with E-state index in [1.807, 2.05) is 6.07 Å². The molecular formula is C13H14N2S. The van der Waals surface area contributed by atoms with Gasteiger partial charge >= 0.3 is 0 Å². The summed E-state index contributed by atoms with van der Waals surface area (Å²) in [5, 5.41) is 0.979. The van der Waals surface area contributed by atoms with Crippen LogP contribution in [0.15, 0.2) is 52.8 Å².